The first-order valence-corrected chi connectivity index (χ1v) is 6.06. The second kappa shape index (κ2) is 5.80. The molecule has 1 atom stereocenters. The fraction of sp³-hybridized carbons (Fsp3) is 1.00. The van der Waals surface area contributed by atoms with Crippen molar-refractivity contribution in [2.24, 2.45) is 0 Å². The molecule has 1 aliphatic carbocycles. The highest BCUT2D eigenvalue weighted by Gasteiger charge is 2.22. The number of aliphatic hydroxyl groups is 1. The van der Waals surface area contributed by atoms with Gasteiger partial charge in [0.05, 0.1) is 12.7 Å². The molecule has 15 heavy (non-hydrogen) atoms. The van der Waals surface area contributed by atoms with Gasteiger partial charge >= 0.3 is 0 Å². The summed E-state index contributed by atoms with van der Waals surface area (Å²) < 4.78 is 5.38. The standard InChI is InChI=1S/C11H22N2O2/c14-11(8-12-10-2-3-10)9-13-4-1-6-15-7-5-13/h10-12,14H,1-9H2. The van der Waals surface area contributed by atoms with Crippen LogP contribution in [-0.4, -0.2) is 61.5 Å². The smallest absolute Gasteiger partial charge is 0.0791 e. The van der Waals surface area contributed by atoms with Crippen molar-refractivity contribution in [2.45, 2.75) is 31.4 Å². The Morgan fingerprint density at radius 2 is 2.20 bits per heavy atom. The zero-order valence-electron chi connectivity index (χ0n) is 9.32. The Labute approximate surface area is 91.6 Å². The third-order valence-corrected chi connectivity index (χ3v) is 3.00. The molecule has 0 aromatic rings. The molecule has 1 aliphatic heterocycles. The quantitative estimate of drug-likeness (QED) is 0.666. The molecule has 4 heteroatoms. The van der Waals surface area contributed by atoms with Crippen LogP contribution in [0.4, 0.5) is 0 Å². The van der Waals surface area contributed by atoms with Gasteiger partial charge < -0.3 is 15.2 Å². The number of aliphatic hydroxyl groups excluding tert-OH is 1. The molecule has 0 radical (unpaired) electrons. The molecule has 0 spiro atoms. The van der Waals surface area contributed by atoms with Gasteiger partial charge in [0, 0.05) is 38.8 Å². The second-order valence-electron chi connectivity index (χ2n) is 4.60. The van der Waals surface area contributed by atoms with Crippen LogP contribution in [0.1, 0.15) is 19.3 Å². The lowest BCUT2D eigenvalue weighted by Gasteiger charge is -2.22. The maximum Gasteiger partial charge on any atom is 0.0791 e. The minimum absolute atomic E-state index is 0.233. The van der Waals surface area contributed by atoms with Gasteiger partial charge in [0.25, 0.3) is 0 Å². The highest BCUT2D eigenvalue weighted by Crippen LogP contribution is 2.18. The van der Waals surface area contributed by atoms with Crippen LogP contribution in [0.5, 0.6) is 0 Å². The van der Waals surface area contributed by atoms with Crippen molar-refractivity contribution in [3.63, 3.8) is 0 Å². The van der Waals surface area contributed by atoms with Crippen LogP contribution in [0.25, 0.3) is 0 Å². The lowest BCUT2D eigenvalue weighted by molar-refractivity contribution is 0.102. The summed E-state index contributed by atoms with van der Waals surface area (Å²) in [7, 11) is 0. The number of rotatable bonds is 5. The first kappa shape index (κ1) is 11.3. The highest BCUT2D eigenvalue weighted by molar-refractivity contribution is 4.82. The van der Waals surface area contributed by atoms with E-state index in [4.69, 9.17) is 4.74 Å². The average Bonchev–Trinajstić information content (AvgIpc) is 3.03. The highest BCUT2D eigenvalue weighted by atomic mass is 16.5. The number of hydrogen-bond acceptors (Lipinski definition) is 4. The molecular formula is C11H22N2O2. The molecule has 1 unspecified atom stereocenters. The third kappa shape index (κ3) is 4.47. The Morgan fingerprint density at radius 1 is 1.33 bits per heavy atom. The van der Waals surface area contributed by atoms with E-state index < -0.39 is 0 Å². The molecule has 2 fully saturated rings. The zero-order valence-corrected chi connectivity index (χ0v) is 9.32. The van der Waals surface area contributed by atoms with E-state index in [0.29, 0.717) is 6.04 Å². The maximum atomic E-state index is 9.82. The molecule has 2 N–H and O–H groups in total. The molecule has 88 valence electrons. The van der Waals surface area contributed by atoms with Crippen molar-refractivity contribution >= 4 is 0 Å². The number of β-amino-alcohol motifs (C(OH)–C–C–N with tert-alkyl or cyclic N) is 1. The van der Waals surface area contributed by atoms with Crippen LogP contribution in [-0.2, 0) is 4.74 Å². The minimum Gasteiger partial charge on any atom is -0.390 e. The Morgan fingerprint density at radius 3 is 3.00 bits per heavy atom. The number of nitrogens with one attached hydrogen (secondary N) is 1. The first-order chi connectivity index (χ1) is 7.34. The Balaban J connectivity index is 1.60. The normalized spacial score (nSPS) is 26.2. The fourth-order valence-electron chi connectivity index (χ4n) is 1.93. The zero-order chi connectivity index (χ0) is 10.5. The predicted molar refractivity (Wildman–Crippen MR) is 58.9 cm³/mol. The molecule has 1 saturated heterocycles. The number of nitrogens with zero attached hydrogens (tertiary/aromatic N) is 1. The van der Waals surface area contributed by atoms with Crippen molar-refractivity contribution < 1.29 is 9.84 Å². The average molecular weight is 214 g/mol. The summed E-state index contributed by atoms with van der Waals surface area (Å²) in [6.45, 7) is 5.21. The summed E-state index contributed by atoms with van der Waals surface area (Å²) in [5.74, 6) is 0. The van der Waals surface area contributed by atoms with Crippen molar-refractivity contribution in [3.05, 3.63) is 0 Å². The van der Waals surface area contributed by atoms with Gasteiger partial charge in [-0.1, -0.05) is 0 Å². The molecule has 4 nitrogen and oxygen atoms in total. The minimum atomic E-state index is -0.233. The molecule has 0 aromatic heterocycles. The van der Waals surface area contributed by atoms with Crippen LogP contribution in [0.2, 0.25) is 0 Å². The second-order valence-corrected chi connectivity index (χ2v) is 4.60. The van der Waals surface area contributed by atoms with Gasteiger partial charge in [-0.05, 0) is 19.3 Å². The summed E-state index contributed by atoms with van der Waals surface area (Å²) in [5.41, 5.74) is 0. The largest absolute Gasteiger partial charge is 0.390 e. The molecule has 2 rings (SSSR count). The summed E-state index contributed by atoms with van der Waals surface area (Å²) in [6.07, 6.45) is 3.42. The van der Waals surface area contributed by atoms with Gasteiger partial charge in [-0.15, -0.1) is 0 Å². The summed E-state index contributed by atoms with van der Waals surface area (Å²) >= 11 is 0. The van der Waals surface area contributed by atoms with Gasteiger partial charge in [-0.2, -0.15) is 0 Å². The first-order valence-electron chi connectivity index (χ1n) is 6.06. The Bertz CT molecular complexity index is 177. The van der Waals surface area contributed by atoms with Crippen LogP contribution >= 0.6 is 0 Å². The lowest BCUT2D eigenvalue weighted by atomic mass is 10.3. The molecule has 0 bridgehead atoms. The van der Waals surface area contributed by atoms with E-state index in [2.05, 4.69) is 10.2 Å². The SMILES string of the molecule is OC(CNC1CC1)CN1CCCOCC1. The van der Waals surface area contributed by atoms with Gasteiger partial charge in [0.1, 0.15) is 0 Å². The van der Waals surface area contributed by atoms with Gasteiger partial charge in [-0.3, -0.25) is 4.90 Å². The van der Waals surface area contributed by atoms with Crippen LogP contribution in [0.3, 0.4) is 0 Å². The third-order valence-electron chi connectivity index (χ3n) is 3.00. The molecule has 0 amide bonds. The molecule has 1 saturated carbocycles. The number of ether oxygens (including phenoxy) is 1. The van der Waals surface area contributed by atoms with Crippen LogP contribution < -0.4 is 5.32 Å². The van der Waals surface area contributed by atoms with Crippen LogP contribution in [0, 0.1) is 0 Å². The van der Waals surface area contributed by atoms with Crippen molar-refractivity contribution in [1.82, 2.24) is 10.2 Å². The predicted octanol–water partition coefficient (Wildman–Crippen LogP) is -0.178. The summed E-state index contributed by atoms with van der Waals surface area (Å²) in [5, 5.41) is 13.2. The topological polar surface area (TPSA) is 44.7 Å². The number of hydrogen-bond donors (Lipinski definition) is 2. The fourth-order valence-corrected chi connectivity index (χ4v) is 1.93. The maximum absolute atomic E-state index is 9.82. The monoisotopic (exact) mass is 214 g/mol. The van der Waals surface area contributed by atoms with Gasteiger partial charge in [0.2, 0.25) is 0 Å². The van der Waals surface area contributed by atoms with E-state index in [0.717, 1.165) is 45.8 Å². The van der Waals surface area contributed by atoms with E-state index >= 15 is 0 Å². The lowest BCUT2D eigenvalue weighted by Crippen LogP contribution is -2.39. The van der Waals surface area contributed by atoms with E-state index in [1.807, 2.05) is 0 Å². The summed E-state index contributed by atoms with van der Waals surface area (Å²) in [4.78, 5) is 2.30. The van der Waals surface area contributed by atoms with E-state index in [1.54, 1.807) is 0 Å². The van der Waals surface area contributed by atoms with Gasteiger partial charge in [-0.25, -0.2) is 0 Å². The summed E-state index contributed by atoms with van der Waals surface area (Å²) in [6, 6.07) is 0.687. The molecular weight excluding hydrogens is 192 g/mol. The van der Waals surface area contributed by atoms with Gasteiger partial charge in [0.15, 0.2) is 0 Å². The van der Waals surface area contributed by atoms with E-state index in [9.17, 15) is 5.11 Å². The van der Waals surface area contributed by atoms with Crippen LogP contribution in [0.15, 0.2) is 0 Å². The van der Waals surface area contributed by atoms with Crippen molar-refractivity contribution in [1.29, 1.82) is 0 Å². The van der Waals surface area contributed by atoms with E-state index in [1.165, 1.54) is 12.8 Å². The van der Waals surface area contributed by atoms with Crippen molar-refractivity contribution in [3.8, 4) is 0 Å². The van der Waals surface area contributed by atoms with Crippen molar-refractivity contribution in [2.75, 3.05) is 39.4 Å². The molecule has 2 aliphatic rings. The Hall–Kier alpha value is -0.160. The molecule has 1 heterocycles. The Kier molecular flexibility index (Phi) is 4.38. The molecule has 0 aromatic carbocycles. The van der Waals surface area contributed by atoms with E-state index in [-0.39, 0.29) is 6.10 Å².